The number of nitrogens with zero attached hydrogens (tertiary/aromatic N) is 5. The maximum absolute atomic E-state index is 12.0. The van der Waals surface area contributed by atoms with E-state index >= 15 is 0 Å². The molecule has 1 amide bonds. The van der Waals surface area contributed by atoms with Crippen LogP contribution in [0.1, 0.15) is 37.3 Å². The molecule has 156 valence electrons. The Morgan fingerprint density at radius 3 is 2.79 bits per heavy atom. The molecule has 1 unspecified atom stereocenters. The molecule has 0 spiro atoms. The minimum absolute atomic E-state index is 0.198. The molecule has 2 aromatic rings. The second-order valence-corrected chi connectivity index (χ2v) is 7.80. The molecule has 0 radical (unpaired) electrons. The van der Waals surface area contributed by atoms with Gasteiger partial charge in [0.25, 0.3) is 0 Å². The number of hydrogen-bond donors (Lipinski definition) is 1. The Morgan fingerprint density at radius 2 is 2.10 bits per heavy atom. The number of carbonyl (C=O) groups is 1. The van der Waals surface area contributed by atoms with Crippen molar-refractivity contribution >= 4 is 29.0 Å². The summed E-state index contributed by atoms with van der Waals surface area (Å²) in [7, 11) is 3.55. The molecule has 3 rings (SSSR count). The molecule has 1 saturated heterocycles. The number of likely N-dealkylation sites (N-methyl/N-ethyl adjacent to an activating group) is 1. The zero-order valence-corrected chi connectivity index (χ0v) is 17.9. The van der Waals surface area contributed by atoms with E-state index in [1.807, 2.05) is 13.1 Å². The highest BCUT2D eigenvalue weighted by molar-refractivity contribution is 6.04. The summed E-state index contributed by atoms with van der Waals surface area (Å²) in [5.74, 6) is 1.12. The van der Waals surface area contributed by atoms with Crippen LogP contribution in [-0.2, 0) is 11.3 Å². The highest BCUT2D eigenvalue weighted by atomic mass is 16.2. The fraction of sp³-hybridized carbons (Fsp3) is 0.500. The SMILES string of the molecule is CCC(C)c1cn(CCN2CCN(C)C(=O)C2)c2ccc(C(N)=NC=NC)cc12. The quantitative estimate of drug-likeness (QED) is 0.576. The third-order valence-corrected chi connectivity index (χ3v) is 5.86. The highest BCUT2D eigenvalue weighted by Crippen LogP contribution is 2.30. The van der Waals surface area contributed by atoms with Crippen molar-refractivity contribution in [1.29, 1.82) is 0 Å². The van der Waals surface area contributed by atoms with Gasteiger partial charge in [0.2, 0.25) is 5.91 Å². The minimum atomic E-state index is 0.198. The molecule has 2 N–H and O–H groups in total. The second kappa shape index (κ2) is 9.22. The number of amidine groups is 1. The van der Waals surface area contributed by atoms with Crippen molar-refractivity contribution in [2.24, 2.45) is 15.7 Å². The van der Waals surface area contributed by atoms with Crippen molar-refractivity contribution in [3.05, 3.63) is 35.5 Å². The predicted octanol–water partition coefficient (Wildman–Crippen LogP) is 2.29. The summed E-state index contributed by atoms with van der Waals surface area (Å²) in [5, 5.41) is 1.22. The molecule has 2 heterocycles. The molecular weight excluding hydrogens is 364 g/mol. The number of aliphatic imine (C=N–C) groups is 2. The molecule has 29 heavy (non-hydrogen) atoms. The average molecular weight is 397 g/mol. The summed E-state index contributed by atoms with van der Waals surface area (Å²) >= 11 is 0. The molecular formula is C22H32N6O. The lowest BCUT2D eigenvalue weighted by Gasteiger charge is -2.32. The van der Waals surface area contributed by atoms with Crippen molar-refractivity contribution in [2.75, 3.05) is 40.3 Å². The van der Waals surface area contributed by atoms with E-state index in [4.69, 9.17) is 5.73 Å². The summed E-state index contributed by atoms with van der Waals surface area (Å²) < 4.78 is 2.31. The first-order valence-corrected chi connectivity index (χ1v) is 10.3. The van der Waals surface area contributed by atoms with Gasteiger partial charge in [-0.3, -0.25) is 14.7 Å². The van der Waals surface area contributed by atoms with E-state index in [-0.39, 0.29) is 5.91 Å². The molecule has 1 atom stereocenters. The largest absolute Gasteiger partial charge is 0.383 e. The van der Waals surface area contributed by atoms with E-state index in [0.29, 0.717) is 18.3 Å². The van der Waals surface area contributed by atoms with Crippen molar-refractivity contribution in [1.82, 2.24) is 14.4 Å². The van der Waals surface area contributed by atoms with Crippen LogP contribution in [0.15, 0.2) is 34.4 Å². The number of fused-ring (bicyclic) bond motifs is 1. The third kappa shape index (κ3) is 4.67. The molecule has 1 aliphatic rings. The van der Waals surface area contributed by atoms with Gasteiger partial charge in [0.1, 0.15) is 12.2 Å². The minimum Gasteiger partial charge on any atom is -0.383 e. The number of hydrogen-bond acceptors (Lipinski definition) is 3. The third-order valence-electron chi connectivity index (χ3n) is 5.86. The molecule has 1 fully saturated rings. The van der Waals surface area contributed by atoms with Crippen LogP contribution in [0.2, 0.25) is 0 Å². The number of carbonyl (C=O) groups excluding carboxylic acids is 1. The lowest BCUT2D eigenvalue weighted by Crippen LogP contribution is -2.49. The summed E-state index contributed by atoms with van der Waals surface area (Å²) in [6, 6.07) is 6.27. The van der Waals surface area contributed by atoms with E-state index in [0.717, 1.165) is 38.2 Å². The van der Waals surface area contributed by atoms with Crippen LogP contribution in [0.3, 0.4) is 0 Å². The zero-order valence-electron chi connectivity index (χ0n) is 17.9. The first kappa shape index (κ1) is 21.0. The van der Waals surface area contributed by atoms with Gasteiger partial charge >= 0.3 is 0 Å². The van der Waals surface area contributed by atoms with Gasteiger partial charge in [0, 0.05) is 62.9 Å². The van der Waals surface area contributed by atoms with E-state index < -0.39 is 0 Å². The molecule has 1 aromatic heterocycles. The molecule has 7 nitrogen and oxygen atoms in total. The van der Waals surface area contributed by atoms with Gasteiger partial charge in [-0.05, 0) is 36.1 Å². The topological polar surface area (TPSA) is 79.2 Å². The molecule has 1 aromatic carbocycles. The Morgan fingerprint density at radius 1 is 1.31 bits per heavy atom. The number of piperazine rings is 1. The van der Waals surface area contributed by atoms with Crippen LogP contribution in [-0.4, -0.2) is 72.7 Å². The first-order chi connectivity index (χ1) is 13.9. The fourth-order valence-electron chi connectivity index (χ4n) is 3.72. The zero-order chi connectivity index (χ0) is 21.0. The number of benzene rings is 1. The van der Waals surface area contributed by atoms with E-state index in [2.05, 4.69) is 51.6 Å². The Hall–Kier alpha value is -2.67. The van der Waals surface area contributed by atoms with Gasteiger partial charge < -0.3 is 15.2 Å². The molecule has 7 heteroatoms. The standard InChI is InChI=1S/C22H32N6O/c1-5-16(2)19-13-28(11-10-27-9-8-26(4)21(29)14-27)20-7-6-17(12-18(19)20)22(23)25-15-24-3/h6-7,12-13,15-16H,5,8-11,14H2,1-4H3,(H2,23,24,25). The van der Waals surface area contributed by atoms with Crippen LogP contribution in [0.4, 0.5) is 0 Å². The smallest absolute Gasteiger partial charge is 0.236 e. The van der Waals surface area contributed by atoms with E-state index in [9.17, 15) is 4.79 Å². The van der Waals surface area contributed by atoms with Crippen molar-refractivity contribution in [3.63, 3.8) is 0 Å². The van der Waals surface area contributed by atoms with Gasteiger partial charge in [-0.2, -0.15) is 0 Å². The lowest BCUT2D eigenvalue weighted by atomic mass is 9.97. The van der Waals surface area contributed by atoms with Crippen LogP contribution in [0, 0.1) is 0 Å². The molecule has 0 bridgehead atoms. The summed E-state index contributed by atoms with van der Waals surface area (Å²) in [4.78, 5) is 24.1. The number of rotatable bonds is 7. The Balaban J connectivity index is 1.88. The normalized spacial score (nSPS) is 17.6. The number of aromatic nitrogens is 1. The number of nitrogens with two attached hydrogens (primary N) is 1. The number of amides is 1. The van der Waals surface area contributed by atoms with Crippen LogP contribution >= 0.6 is 0 Å². The van der Waals surface area contributed by atoms with E-state index in [1.165, 1.54) is 22.8 Å². The average Bonchev–Trinajstić information content (AvgIpc) is 3.10. The predicted molar refractivity (Wildman–Crippen MR) is 120 cm³/mol. The molecule has 0 saturated carbocycles. The van der Waals surface area contributed by atoms with Gasteiger partial charge in [0.15, 0.2) is 0 Å². The summed E-state index contributed by atoms with van der Waals surface area (Å²) in [6.45, 7) is 8.41. The summed E-state index contributed by atoms with van der Waals surface area (Å²) in [5.41, 5.74) is 9.56. The monoisotopic (exact) mass is 396 g/mol. The van der Waals surface area contributed by atoms with Crippen LogP contribution in [0.5, 0.6) is 0 Å². The maximum atomic E-state index is 12.0. The van der Waals surface area contributed by atoms with Gasteiger partial charge in [-0.1, -0.05) is 13.8 Å². The van der Waals surface area contributed by atoms with Crippen LogP contribution < -0.4 is 5.73 Å². The van der Waals surface area contributed by atoms with E-state index in [1.54, 1.807) is 11.9 Å². The second-order valence-electron chi connectivity index (χ2n) is 7.80. The van der Waals surface area contributed by atoms with Crippen molar-refractivity contribution in [2.45, 2.75) is 32.7 Å². The summed E-state index contributed by atoms with van der Waals surface area (Å²) in [6.07, 6.45) is 4.81. The van der Waals surface area contributed by atoms with Gasteiger partial charge in [0.05, 0.1) is 6.54 Å². The Bertz CT molecular complexity index is 929. The Kier molecular flexibility index (Phi) is 6.69. The Labute approximate surface area is 172 Å². The highest BCUT2D eigenvalue weighted by Gasteiger charge is 2.21. The lowest BCUT2D eigenvalue weighted by molar-refractivity contribution is -0.134. The van der Waals surface area contributed by atoms with Crippen molar-refractivity contribution in [3.8, 4) is 0 Å². The van der Waals surface area contributed by atoms with Gasteiger partial charge in [-0.15, -0.1) is 0 Å². The molecule has 1 aliphatic heterocycles. The fourth-order valence-corrected chi connectivity index (χ4v) is 3.72. The van der Waals surface area contributed by atoms with Gasteiger partial charge in [-0.25, -0.2) is 4.99 Å². The maximum Gasteiger partial charge on any atom is 0.236 e. The van der Waals surface area contributed by atoms with Crippen LogP contribution in [0.25, 0.3) is 10.9 Å². The van der Waals surface area contributed by atoms with Crippen molar-refractivity contribution < 1.29 is 4.79 Å². The first-order valence-electron chi connectivity index (χ1n) is 10.3. The molecule has 0 aliphatic carbocycles.